The van der Waals surface area contributed by atoms with Crippen LogP contribution in [0.5, 0.6) is 0 Å². The summed E-state index contributed by atoms with van der Waals surface area (Å²) >= 11 is 0.272. The van der Waals surface area contributed by atoms with E-state index in [1.165, 1.54) is 26.0 Å². The standard InChI is InChI=1S/C12H12F2N2O3S2/c1-7-11(8(2)19-15-7)21(17,18)16-9-5-3-4-6-10(9)20-12(13)14/h3-6,12,16H,1-2H3. The highest BCUT2D eigenvalue weighted by atomic mass is 32.2. The van der Waals surface area contributed by atoms with Gasteiger partial charge in [0.2, 0.25) is 0 Å². The first-order valence-corrected chi connectivity index (χ1v) is 8.17. The molecule has 114 valence electrons. The Hall–Kier alpha value is -1.61. The SMILES string of the molecule is Cc1noc(C)c1S(=O)(=O)Nc1ccccc1SC(F)F. The molecule has 1 aromatic heterocycles. The van der Waals surface area contributed by atoms with Gasteiger partial charge in [-0.2, -0.15) is 8.78 Å². The fraction of sp³-hybridized carbons (Fsp3) is 0.250. The quantitative estimate of drug-likeness (QED) is 0.849. The van der Waals surface area contributed by atoms with Crippen LogP contribution in [0.25, 0.3) is 0 Å². The third-order valence-electron chi connectivity index (χ3n) is 2.58. The molecule has 0 spiro atoms. The molecule has 2 rings (SSSR count). The molecule has 0 fully saturated rings. The smallest absolute Gasteiger partial charge is 0.288 e. The minimum absolute atomic E-state index is 0.0839. The zero-order valence-corrected chi connectivity index (χ0v) is 12.8. The zero-order valence-electron chi connectivity index (χ0n) is 11.1. The number of nitrogens with one attached hydrogen (secondary N) is 1. The number of rotatable bonds is 5. The monoisotopic (exact) mass is 334 g/mol. The lowest BCUT2D eigenvalue weighted by atomic mass is 10.3. The molecule has 0 atom stereocenters. The van der Waals surface area contributed by atoms with Crippen molar-refractivity contribution in [2.45, 2.75) is 29.4 Å². The summed E-state index contributed by atoms with van der Waals surface area (Å²) in [7, 11) is -3.95. The number of hydrogen-bond acceptors (Lipinski definition) is 5. The molecule has 0 saturated carbocycles. The Bertz CT molecular complexity index is 725. The van der Waals surface area contributed by atoms with Gasteiger partial charge < -0.3 is 4.52 Å². The lowest BCUT2D eigenvalue weighted by Gasteiger charge is -2.11. The molecule has 0 unspecified atom stereocenters. The van der Waals surface area contributed by atoms with Crippen LogP contribution in [0.4, 0.5) is 14.5 Å². The Balaban J connectivity index is 2.38. The average molecular weight is 334 g/mol. The molecule has 2 aromatic rings. The van der Waals surface area contributed by atoms with Gasteiger partial charge in [0.15, 0.2) is 10.7 Å². The third kappa shape index (κ3) is 3.53. The van der Waals surface area contributed by atoms with Crippen molar-refractivity contribution in [1.29, 1.82) is 0 Å². The Morgan fingerprint density at radius 3 is 2.52 bits per heavy atom. The van der Waals surface area contributed by atoms with E-state index in [0.29, 0.717) is 0 Å². The van der Waals surface area contributed by atoms with E-state index < -0.39 is 15.8 Å². The summed E-state index contributed by atoms with van der Waals surface area (Å²) in [4.78, 5) is 0.0576. The van der Waals surface area contributed by atoms with E-state index in [-0.39, 0.29) is 38.7 Å². The number of nitrogens with zero attached hydrogens (tertiary/aromatic N) is 1. The maximum atomic E-state index is 12.5. The first kappa shape index (κ1) is 15.8. The van der Waals surface area contributed by atoms with Crippen LogP contribution in [0.3, 0.4) is 0 Å². The normalized spacial score (nSPS) is 11.9. The summed E-state index contributed by atoms with van der Waals surface area (Å²) in [5, 5.41) is 3.58. The van der Waals surface area contributed by atoms with Gasteiger partial charge in [-0.1, -0.05) is 29.1 Å². The van der Waals surface area contributed by atoms with Gasteiger partial charge in [0.05, 0.1) is 5.69 Å². The van der Waals surface area contributed by atoms with E-state index in [0.717, 1.165) is 0 Å². The zero-order chi connectivity index (χ0) is 15.6. The van der Waals surface area contributed by atoms with Crippen molar-refractivity contribution in [3.63, 3.8) is 0 Å². The van der Waals surface area contributed by atoms with E-state index >= 15 is 0 Å². The van der Waals surface area contributed by atoms with E-state index in [4.69, 9.17) is 4.52 Å². The van der Waals surface area contributed by atoms with Crippen molar-refractivity contribution >= 4 is 27.5 Å². The van der Waals surface area contributed by atoms with E-state index in [2.05, 4.69) is 9.88 Å². The van der Waals surface area contributed by atoms with Crippen LogP contribution in [-0.2, 0) is 10.0 Å². The number of hydrogen-bond donors (Lipinski definition) is 1. The Morgan fingerprint density at radius 2 is 1.95 bits per heavy atom. The van der Waals surface area contributed by atoms with Crippen molar-refractivity contribution in [3.8, 4) is 0 Å². The minimum atomic E-state index is -3.95. The Morgan fingerprint density at radius 1 is 1.29 bits per heavy atom. The molecule has 0 saturated heterocycles. The number of para-hydroxylation sites is 1. The third-order valence-corrected chi connectivity index (χ3v) is 4.98. The molecule has 1 N–H and O–H groups in total. The van der Waals surface area contributed by atoms with E-state index in [1.807, 2.05) is 0 Å². The van der Waals surface area contributed by atoms with Gasteiger partial charge in [0.25, 0.3) is 15.8 Å². The van der Waals surface area contributed by atoms with Crippen molar-refractivity contribution in [3.05, 3.63) is 35.7 Å². The molecule has 0 aliphatic carbocycles. The molecule has 0 aliphatic rings. The van der Waals surface area contributed by atoms with Gasteiger partial charge in [-0.15, -0.1) is 0 Å². The first-order chi connectivity index (χ1) is 9.81. The Labute approximate surface area is 124 Å². The maximum Gasteiger partial charge on any atom is 0.288 e. The molecule has 0 bridgehead atoms. The number of sulfonamides is 1. The number of alkyl halides is 2. The van der Waals surface area contributed by atoms with E-state index in [9.17, 15) is 17.2 Å². The second-order valence-corrected chi connectivity index (χ2v) is 6.78. The maximum absolute atomic E-state index is 12.5. The van der Waals surface area contributed by atoms with Gasteiger partial charge in [0, 0.05) is 4.90 Å². The number of aryl methyl sites for hydroxylation is 2. The Kier molecular flexibility index (Phi) is 4.52. The number of thioether (sulfide) groups is 1. The molecular weight excluding hydrogens is 322 g/mol. The van der Waals surface area contributed by atoms with Crippen molar-refractivity contribution < 1.29 is 21.7 Å². The largest absolute Gasteiger partial charge is 0.360 e. The predicted octanol–water partition coefficient (Wildman–Crippen LogP) is 3.41. The highest BCUT2D eigenvalue weighted by Gasteiger charge is 2.25. The van der Waals surface area contributed by atoms with Gasteiger partial charge in [-0.05, 0) is 26.0 Å². The minimum Gasteiger partial charge on any atom is -0.360 e. The lowest BCUT2D eigenvalue weighted by Crippen LogP contribution is -2.15. The van der Waals surface area contributed by atoms with Crippen LogP contribution in [-0.4, -0.2) is 19.3 Å². The number of halogens is 2. The van der Waals surface area contributed by atoms with Gasteiger partial charge in [-0.25, -0.2) is 8.42 Å². The van der Waals surface area contributed by atoms with Gasteiger partial charge in [0.1, 0.15) is 5.69 Å². The molecule has 21 heavy (non-hydrogen) atoms. The molecule has 1 aromatic carbocycles. The van der Waals surface area contributed by atoms with Gasteiger partial charge in [-0.3, -0.25) is 4.72 Å². The fourth-order valence-electron chi connectivity index (χ4n) is 1.80. The predicted molar refractivity (Wildman–Crippen MR) is 75.1 cm³/mol. The van der Waals surface area contributed by atoms with Crippen molar-refractivity contribution in [2.75, 3.05) is 4.72 Å². The van der Waals surface area contributed by atoms with Crippen LogP contribution in [0, 0.1) is 13.8 Å². The summed E-state index contributed by atoms with van der Waals surface area (Å²) < 4.78 is 56.8. The topological polar surface area (TPSA) is 72.2 Å². The molecule has 0 radical (unpaired) electrons. The summed E-state index contributed by atoms with van der Waals surface area (Å²) in [6, 6.07) is 5.95. The van der Waals surface area contributed by atoms with Crippen LogP contribution in [0.15, 0.2) is 38.6 Å². The second kappa shape index (κ2) is 6.02. The average Bonchev–Trinajstić information content (AvgIpc) is 2.71. The first-order valence-electron chi connectivity index (χ1n) is 5.81. The molecule has 5 nitrogen and oxygen atoms in total. The number of aromatic nitrogens is 1. The number of anilines is 1. The second-order valence-electron chi connectivity index (χ2n) is 4.13. The highest BCUT2D eigenvalue weighted by molar-refractivity contribution is 7.99. The van der Waals surface area contributed by atoms with Crippen LogP contribution in [0.2, 0.25) is 0 Å². The summed E-state index contributed by atoms with van der Waals surface area (Å²) in [6.45, 7) is 2.96. The van der Waals surface area contributed by atoms with Crippen molar-refractivity contribution in [2.24, 2.45) is 0 Å². The summed E-state index contributed by atoms with van der Waals surface area (Å²) in [5.41, 5.74) is 0.293. The molecule has 0 aliphatic heterocycles. The van der Waals surface area contributed by atoms with E-state index in [1.54, 1.807) is 12.1 Å². The fourth-order valence-corrected chi connectivity index (χ4v) is 3.87. The van der Waals surface area contributed by atoms with Crippen LogP contribution < -0.4 is 4.72 Å². The molecule has 9 heteroatoms. The summed E-state index contributed by atoms with van der Waals surface area (Å²) in [6.07, 6.45) is 0. The highest BCUT2D eigenvalue weighted by Crippen LogP contribution is 2.33. The van der Waals surface area contributed by atoms with Crippen molar-refractivity contribution in [1.82, 2.24) is 5.16 Å². The molecule has 1 heterocycles. The lowest BCUT2D eigenvalue weighted by molar-refractivity contribution is 0.252. The van der Waals surface area contributed by atoms with Crippen LogP contribution >= 0.6 is 11.8 Å². The summed E-state index contributed by atoms with van der Waals surface area (Å²) in [5.74, 6) is -2.51. The van der Waals surface area contributed by atoms with Gasteiger partial charge >= 0.3 is 0 Å². The molecule has 0 amide bonds. The number of benzene rings is 1. The van der Waals surface area contributed by atoms with Crippen LogP contribution in [0.1, 0.15) is 11.5 Å². The molecular formula is C12H12F2N2O3S2.